The molecule has 0 bridgehead atoms. The van der Waals surface area contributed by atoms with Crippen LogP contribution in [-0.4, -0.2) is 25.0 Å². The van der Waals surface area contributed by atoms with Crippen LogP contribution in [0.3, 0.4) is 0 Å². The predicted octanol–water partition coefficient (Wildman–Crippen LogP) is 4.04. The maximum Gasteiger partial charge on any atom is 0.220 e. The molecule has 0 saturated heterocycles. The highest BCUT2D eigenvalue weighted by Crippen LogP contribution is 2.29. The number of hydrogen-bond donors (Lipinski definition) is 1. The van der Waals surface area contributed by atoms with E-state index in [2.05, 4.69) is 5.32 Å². The van der Waals surface area contributed by atoms with Gasteiger partial charge in [0.2, 0.25) is 5.91 Å². The van der Waals surface area contributed by atoms with Crippen LogP contribution >= 0.6 is 0 Å². The lowest BCUT2D eigenvalue weighted by Gasteiger charge is -2.11. The second-order valence-electron chi connectivity index (χ2n) is 6.16. The van der Waals surface area contributed by atoms with Crippen LogP contribution in [-0.2, 0) is 11.2 Å². The van der Waals surface area contributed by atoms with Crippen molar-refractivity contribution in [1.82, 2.24) is 10.3 Å². The van der Waals surface area contributed by atoms with Crippen molar-refractivity contribution in [3.63, 3.8) is 0 Å². The first kappa shape index (κ1) is 17.9. The van der Waals surface area contributed by atoms with Crippen molar-refractivity contribution in [3.05, 3.63) is 59.4 Å². The number of carbonyl (C=O) groups is 1. The zero-order valence-electron chi connectivity index (χ0n) is 15.1. The molecular weight excluding hydrogens is 331 g/mol. The summed E-state index contributed by atoms with van der Waals surface area (Å²) in [5.41, 5.74) is 4.50. The zero-order valence-corrected chi connectivity index (χ0v) is 15.1. The summed E-state index contributed by atoms with van der Waals surface area (Å²) in [5, 5.41) is 3.69. The number of fused-ring (bicyclic) bond motifs is 1. The van der Waals surface area contributed by atoms with Crippen LogP contribution in [0.4, 0.5) is 4.39 Å². The first-order valence-electron chi connectivity index (χ1n) is 8.47. The molecule has 26 heavy (non-hydrogen) atoms. The molecule has 0 saturated carbocycles. The molecule has 0 aliphatic carbocycles. The van der Waals surface area contributed by atoms with Gasteiger partial charge in [-0.2, -0.15) is 0 Å². The van der Waals surface area contributed by atoms with Gasteiger partial charge in [-0.3, -0.25) is 4.79 Å². The van der Waals surface area contributed by atoms with Crippen molar-refractivity contribution < 1.29 is 13.9 Å². The third-order valence-corrected chi connectivity index (χ3v) is 4.48. The van der Waals surface area contributed by atoms with Crippen LogP contribution in [0.5, 0.6) is 5.75 Å². The SMILES string of the molecule is CNC(=O)CCc1cccc2c(C)cc(-c3ccc(F)c(OC)c3)nc12. The van der Waals surface area contributed by atoms with Crippen LogP contribution in [0.2, 0.25) is 0 Å². The number of hydrogen-bond acceptors (Lipinski definition) is 3. The third-order valence-electron chi connectivity index (χ3n) is 4.48. The number of halogens is 1. The standard InChI is InChI=1S/C21H21FN2O2/c1-13-11-18(15-7-9-17(22)19(12-15)26-3)24-21-14(5-4-6-16(13)21)8-10-20(25)23-2/h4-7,9,11-12H,8,10H2,1-3H3,(H,23,25). The molecule has 2 aromatic carbocycles. The van der Waals surface area contributed by atoms with Gasteiger partial charge >= 0.3 is 0 Å². The van der Waals surface area contributed by atoms with Gasteiger partial charge in [-0.05, 0) is 48.7 Å². The molecule has 4 nitrogen and oxygen atoms in total. The molecule has 3 rings (SSSR count). The van der Waals surface area contributed by atoms with Crippen molar-refractivity contribution in [1.29, 1.82) is 0 Å². The van der Waals surface area contributed by atoms with E-state index in [1.807, 2.05) is 31.2 Å². The number of amides is 1. The summed E-state index contributed by atoms with van der Waals surface area (Å²) in [6.45, 7) is 2.02. The van der Waals surface area contributed by atoms with Gasteiger partial charge in [0.25, 0.3) is 0 Å². The molecule has 1 N–H and O–H groups in total. The van der Waals surface area contributed by atoms with Crippen molar-refractivity contribution >= 4 is 16.8 Å². The minimum absolute atomic E-state index is 0.00171. The molecule has 0 radical (unpaired) electrons. The van der Waals surface area contributed by atoms with E-state index in [-0.39, 0.29) is 11.7 Å². The minimum atomic E-state index is -0.403. The lowest BCUT2D eigenvalue weighted by molar-refractivity contribution is -0.120. The van der Waals surface area contributed by atoms with Crippen molar-refractivity contribution in [3.8, 4) is 17.0 Å². The lowest BCUT2D eigenvalue weighted by Crippen LogP contribution is -2.18. The Kier molecular flexibility index (Phi) is 5.16. The largest absolute Gasteiger partial charge is 0.494 e. The van der Waals surface area contributed by atoms with E-state index in [0.29, 0.717) is 12.8 Å². The summed E-state index contributed by atoms with van der Waals surface area (Å²) < 4.78 is 18.8. The molecule has 0 fully saturated rings. The third kappa shape index (κ3) is 3.52. The summed E-state index contributed by atoms with van der Waals surface area (Å²) in [7, 11) is 3.08. The fraction of sp³-hybridized carbons (Fsp3) is 0.238. The quantitative estimate of drug-likeness (QED) is 0.754. The van der Waals surface area contributed by atoms with Gasteiger partial charge in [0.05, 0.1) is 18.3 Å². The Labute approximate surface area is 152 Å². The van der Waals surface area contributed by atoms with Crippen molar-refractivity contribution in [2.24, 2.45) is 0 Å². The topological polar surface area (TPSA) is 51.2 Å². The summed E-state index contributed by atoms with van der Waals surface area (Å²) in [5.74, 6) is -0.215. The molecule has 0 unspecified atom stereocenters. The molecular formula is C21H21FN2O2. The van der Waals surface area contributed by atoms with E-state index < -0.39 is 5.82 Å². The van der Waals surface area contributed by atoms with Crippen LogP contribution in [0.1, 0.15) is 17.5 Å². The van der Waals surface area contributed by atoms with Gasteiger partial charge in [-0.25, -0.2) is 9.37 Å². The molecule has 1 aromatic heterocycles. The van der Waals surface area contributed by atoms with E-state index in [4.69, 9.17) is 9.72 Å². The highest BCUT2D eigenvalue weighted by Gasteiger charge is 2.12. The Morgan fingerprint density at radius 2 is 2.04 bits per heavy atom. The predicted molar refractivity (Wildman–Crippen MR) is 101 cm³/mol. The van der Waals surface area contributed by atoms with Gasteiger partial charge in [0.15, 0.2) is 11.6 Å². The fourth-order valence-electron chi connectivity index (χ4n) is 3.02. The number of rotatable bonds is 5. The number of aryl methyl sites for hydroxylation is 2. The molecule has 0 atom stereocenters. The number of carbonyl (C=O) groups excluding carboxylic acids is 1. The first-order chi connectivity index (χ1) is 12.5. The summed E-state index contributed by atoms with van der Waals surface area (Å²) in [4.78, 5) is 16.4. The van der Waals surface area contributed by atoms with E-state index in [1.54, 1.807) is 19.2 Å². The molecule has 5 heteroatoms. The number of aromatic nitrogens is 1. The molecule has 134 valence electrons. The lowest BCUT2D eigenvalue weighted by atomic mass is 10.00. The Balaban J connectivity index is 2.09. The molecule has 0 aliphatic rings. The first-order valence-corrected chi connectivity index (χ1v) is 8.47. The van der Waals surface area contributed by atoms with Crippen LogP contribution in [0.25, 0.3) is 22.2 Å². The average Bonchev–Trinajstić information content (AvgIpc) is 2.66. The second kappa shape index (κ2) is 7.52. The Morgan fingerprint density at radius 3 is 2.77 bits per heavy atom. The van der Waals surface area contributed by atoms with E-state index >= 15 is 0 Å². The highest BCUT2D eigenvalue weighted by atomic mass is 19.1. The van der Waals surface area contributed by atoms with E-state index in [0.717, 1.165) is 33.3 Å². The van der Waals surface area contributed by atoms with Crippen molar-refractivity contribution in [2.45, 2.75) is 19.8 Å². The summed E-state index contributed by atoms with van der Waals surface area (Å²) in [6, 6.07) is 12.7. The summed E-state index contributed by atoms with van der Waals surface area (Å²) in [6.07, 6.45) is 1.02. The fourth-order valence-corrected chi connectivity index (χ4v) is 3.02. The second-order valence-corrected chi connectivity index (χ2v) is 6.16. The molecule has 3 aromatic rings. The van der Waals surface area contributed by atoms with Crippen LogP contribution < -0.4 is 10.1 Å². The number of para-hydroxylation sites is 1. The molecule has 1 heterocycles. The number of ether oxygens (including phenoxy) is 1. The zero-order chi connectivity index (χ0) is 18.7. The van der Waals surface area contributed by atoms with Gasteiger partial charge in [-0.1, -0.05) is 18.2 Å². The minimum Gasteiger partial charge on any atom is -0.494 e. The number of methoxy groups -OCH3 is 1. The van der Waals surface area contributed by atoms with Crippen molar-refractivity contribution in [2.75, 3.05) is 14.2 Å². The number of benzene rings is 2. The van der Waals surface area contributed by atoms with Gasteiger partial charge in [0, 0.05) is 24.4 Å². The number of pyridine rings is 1. The highest BCUT2D eigenvalue weighted by molar-refractivity contribution is 5.88. The Morgan fingerprint density at radius 1 is 1.23 bits per heavy atom. The Bertz CT molecular complexity index is 970. The molecule has 0 aliphatic heterocycles. The maximum absolute atomic E-state index is 13.7. The average molecular weight is 352 g/mol. The monoisotopic (exact) mass is 352 g/mol. The van der Waals surface area contributed by atoms with Crippen LogP contribution in [0.15, 0.2) is 42.5 Å². The normalized spacial score (nSPS) is 10.8. The number of nitrogens with zero attached hydrogens (tertiary/aromatic N) is 1. The molecule has 1 amide bonds. The maximum atomic E-state index is 13.7. The number of nitrogens with one attached hydrogen (secondary N) is 1. The Hall–Kier alpha value is -2.95. The van der Waals surface area contributed by atoms with Gasteiger partial charge in [-0.15, -0.1) is 0 Å². The molecule has 0 spiro atoms. The van der Waals surface area contributed by atoms with E-state index in [9.17, 15) is 9.18 Å². The smallest absolute Gasteiger partial charge is 0.220 e. The van der Waals surface area contributed by atoms with Crippen LogP contribution in [0, 0.1) is 12.7 Å². The van der Waals surface area contributed by atoms with Gasteiger partial charge < -0.3 is 10.1 Å². The van der Waals surface area contributed by atoms with Gasteiger partial charge in [0.1, 0.15) is 0 Å². The van der Waals surface area contributed by atoms with E-state index in [1.165, 1.54) is 13.2 Å². The summed E-state index contributed by atoms with van der Waals surface area (Å²) >= 11 is 0.